The lowest BCUT2D eigenvalue weighted by atomic mass is 10.3. The Morgan fingerprint density at radius 2 is 2.00 bits per heavy atom. The molecule has 15 heavy (non-hydrogen) atoms. The molecule has 0 fully saturated rings. The molecule has 0 aliphatic carbocycles. The highest BCUT2D eigenvalue weighted by Crippen LogP contribution is 2.07. The SMILES string of the molecule is CC(C)NNC(=O)COc1ccccc1. The molecule has 2 N–H and O–H groups in total. The van der Waals surface area contributed by atoms with Crippen molar-refractivity contribution in [1.82, 2.24) is 10.9 Å². The molecule has 0 unspecified atom stereocenters. The highest BCUT2D eigenvalue weighted by Gasteiger charge is 2.01. The van der Waals surface area contributed by atoms with E-state index in [4.69, 9.17) is 4.74 Å². The van der Waals surface area contributed by atoms with E-state index >= 15 is 0 Å². The Labute approximate surface area is 89.6 Å². The normalized spacial score (nSPS) is 10.1. The summed E-state index contributed by atoms with van der Waals surface area (Å²) in [5, 5.41) is 0. The first-order valence-corrected chi connectivity index (χ1v) is 4.90. The first-order chi connectivity index (χ1) is 7.18. The maximum absolute atomic E-state index is 11.2. The molecule has 1 aromatic carbocycles. The van der Waals surface area contributed by atoms with Gasteiger partial charge in [0.05, 0.1) is 0 Å². The van der Waals surface area contributed by atoms with Gasteiger partial charge in [-0.15, -0.1) is 0 Å². The Kier molecular flexibility index (Phi) is 4.63. The average Bonchev–Trinajstić information content (AvgIpc) is 2.25. The number of benzene rings is 1. The highest BCUT2D eigenvalue weighted by molar-refractivity contribution is 5.76. The van der Waals surface area contributed by atoms with E-state index in [2.05, 4.69) is 10.9 Å². The molecule has 0 saturated carbocycles. The molecular weight excluding hydrogens is 192 g/mol. The van der Waals surface area contributed by atoms with E-state index < -0.39 is 0 Å². The quantitative estimate of drug-likeness (QED) is 0.712. The second-order valence-electron chi connectivity index (χ2n) is 3.45. The van der Waals surface area contributed by atoms with Crippen LogP contribution in [0.15, 0.2) is 30.3 Å². The van der Waals surface area contributed by atoms with Gasteiger partial charge in [0.15, 0.2) is 6.61 Å². The van der Waals surface area contributed by atoms with Crippen LogP contribution in [0.2, 0.25) is 0 Å². The number of para-hydroxylation sites is 1. The first-order valence-electron chi connectivity index (χ1n) is 4.90. The van der Waals surface area contributed by atoms with Gasteiger partial charge in [-0.25, -0.2) is 5.43 Å². The van der Waals surface area contributed by atoms with E-state index in [0.29, 0.717) is 5.75 Å². The van der Waals surface area contributed by atoms with Crippen molar-refractivity contribution in [1.29, 1.82) is 0 Å². The number of amides is 1. The van der Waals surface area contributed by atoms with E-state index in [1.807, 2.05) is 44.2 Å². The summed E-state index contributed by atoms with van der Waals surface area (Å²) in [4.78, 5) is 11.2. The zero-order chi connectivity index (χ0) is 11.1. The average molecular weight is 208 g/mol. The minimum atomic E-state index is -0.187. The van der Waals surface area contributed by atoms with Crippen molar-refractivity contribution in [3.05, 3.63) is 30.3 Å². The van der Waals surface area contributed by atoms with Crippen LogP contribution in [-0.2, 0) is 4.79 Å². The number of ether oxygens (including phenoxy) is 1. The zero-order valence-electron chi connectivity index (χ0n) is 8.99. The molecule has 0 spiro atoms. The summed E-state index contributed by atoms with van der Waals surface area (Å²) in [5.41, 5.74) is 5.34. The minimum absolute atomic E-state index is 0.0176. The third-order valence-corrected chi connectivity index (χ3v) is 1.61. The van der Waals surface area contributed by atoms with Crippen molar-refractivity contribution in [2.45, 2.75) is 19.9 Å². The van der Waals surface area contributed by atoms with Crippen molar-refractivity contribution in [3.8, 4) is 5.75 Å². The predicted molar refractivity (Wildman–Crippen MR) is 58.4 cm³/mol. The third-order valence-electron chi connectivity index (χ3n) is 1.61. The summed E-state index contributed by atoms with van der Waals surface area (Å²) >= 11 is 0. The fourth-order valence-electron chi connectivity index (χ4n) is 0.927. The van der Waals surface area contributed by atoms with Crippen LogP contribution in [0.4, 0.5) is 0 Å². The van der Waals surface area contributed by atoms with Crippen molar-refractivity contribution in [2.75, 3.05) is 6.61 Å². The van der Waals surface area contributed by atoms with Crippen LogP contribution in [-0.4, -0.2) is 18.6 Å². The lowest BCUT2D eigenvalue weighted by Crippen LogP contribution is -2.43. The van der Waals surface area contributed by atoms with Crippen LogP contribution in [0.1, 0.15) is 13.8 Å². The van der Waals surface area contributed by atoms with E-state index in [-0.39, 0.29) is 18.6 Å². The second kappa shape index (κ2) is 6.03. The number of carbonyl (C=O) groups is 1. The number of rotatable bonds is 5. The fourth-order valence-corrected chi connectivity index (χ4v) is 0.927. The van der Waals surface area contributed by atoms with E-state index in [9.17, 15) is 4.79 Å². The topological polar surface area (TPSA) is 50.4 Å². The molecule has 0 heterocycles. The van der Waals surface area contributed by atoms with E-state index in [1.54, 1.807) is 0 Å². The summed E-state index contributed by atoms with van der Waals surface area (Å²) in [7, 11) is 0. The second-order valence-corrected chi connectivity index (χ2v) is 3.45. The van der Waals surface area contributed by atoms with Gasteiger partial charge >= 0.3 is 0 Å². The third kappa shape index (κ3) is 5.02. The molecule has 4 nitrogen and oxygen atoms in total. The zero-order valence-corrected chi connectivity index (χ0v) is 8.99. The van der Waals surface area contributed by atoms with Crippen molar-refractivity contribution >= 4 is 5.91 Å². The summed E-state index contributed by atoms with van der Waals surface area (Å²) in [6.07, 6.45) is 0. The van der Waals surface area contributed by atoms with E-state index in [1.165, 1.54) is 0 Å². The lowest BCUT2D eigenvalue weighted by molar-refractivity contribution is -0.124. The van der Waals surface area contributed by atoms with Gasteiger partial charge in [0, 0.05) is 6.04 Å². The van der Waals surface area contributed by atoms with Crippen molar-refractivity contribution in [3.63, 3.8) is 0 Å². The number of carbonyl (C=O) groups excluding carboxylic acids is 1. The molecule has 0 aliphatic heterocycles. The Bertz CT molecular complexity index is 299. The monoisotopic (exact) mass is 208 g/mol. The summed E-state index contributed by atoms with van der Waals surface area (Å²) in [6, 6.07) is 9.45. The Balaban J connectivity index is 2.23. The van der Waals surface area contributed by atoms with E-state index in [0.717, 1.165) is 0 Å². The summed E-state index contributed by atoms with van der Waals surface area (Å²) in [5.74, 6) is 0.504. The first kappa shape index (κ1) is 11.5. The van der Waals surface area contributed by atoms with Gasteiger partial charge in [0.1, 0.15) is 5.75 Å². The maximum Gasteiger partial charge on any atom is 0.271 e. The van der Waals surface area contributed by atoms with Crippen LogP contribution < -0.4 is 15.6 Å². The van der Waals surface area contributed by atoms with Gasteiger partial charge in [0.25, 0.3) is 5.91 Å². The number of nitrogens with one attached hydrogen (secondary N) is 2. The van der Waals surface area contributed by atoms with Gasteiger partial charge in [0.2, 0.25) is 0 Å². The highest BCUT2D eigenvalue weighted by atomic mass is 16.5. The molecule has 1 aromatic rings. The van der Waals surface area contributed by atoms with Crippen LogP contribution in [0, 0.1) is 0 Å². The molecule has 1 rings (SSSR count). The fraction of sp³-hybridized carbons (Fsp3) is 0.364. The van der Waals surface area contributed by atoms with Crippen molar-refractivity contribution in [2.24, 2.45) is 0 Å². The minimum Gasteiger partial charge on any atom is -0.484 e. The smallest absolute Gasteiger partial charge is 0.271 e. The van der Waals surface area contributed by atoms with Gasteiger partial charge in [-0.1, -0.05) is 18.2 Å². The number of hydrogen-bond donors (Lipinski definition) is 2. The largest absolute Gasteiger partial charge is 0.484 e. The van der Waals surface area contributed by atoms with Gasteiger partial charge in [-0.2, -0.15) is 0 Å². The molecule has 0 aliphatic rings. The van der Waals surface area contributed by atoms with Crippen LogP contribution in [0.25, 0.3) is 0 Å². The number of hydrazine groups is 1. The summed E-state index contributed by atoms with van der Waals surface area (Å²) < 4.78 is 5.25. The molecule has 0 bridgehead atoms. The van der Waals surface area contributed by atoms with Gasteiger partial charge in [-0.05, 0) is 26.0 Å². The standard InChI is InChI=1S/C11H16N2O2/c1-9(2)12-13-11(14)8-15-10-6-4-3-5-7-10/h3-7,9,12H,8H2,1-2H3,(H,13,14). The molecule has 0 atom stereocenters. The van der Waals surface area contributed by atoms with Crippen LogP contribution >= 0.6 is 0 Å². The molecular formula is C11H16N2O2. The van der Waals surface area contributed by atoms with Crippen LogP contribution in [0.5, 0.6) is 5.75 Å². The predicted octanol–water partition coefficient (Wildman–Crippen LogP) is 1.09. The molecule has 4 heteroatoms. The van der Waals surface area contributed by atoms with Gasteiger partial charge < -0.3 is 4.74 Å². The molecule has 82 valence electrons. The van der Waals surface area contributed by atoms with Crippen LogP contribution in [0.3, 0.4) is 0 Å². The summed E-state index contributed by atoms with van der Waals surface area (Å²) in [6.45, 7) is 3.90. The lowest BCUT2D eigenvalue weighted by Gasteiger charge is -2.10. The molecule has 0 saturated heterocycles. The number of hydrogen-bond acceptors (Lipinski definition) is 3. The molecule has 0 aromatic heterocycles. The Morgan fingerprint density at radius 1 is 1.33 bits per heavy atom. The maximum atomic E-state index is 11.2. The van der Waals surface area contributed by atoms with Crippen molar-refractivity contribution < 1.29 is 9.53 Å². The Hall–Kier alpha value is -1.55. The van der Waals surface area contributed by atoms with Gasteiger partial charge in [-0.3, -0.25) is 10.2 Å². The molecule has 1 amide bonds. The Morgan fingerprint density at radius 3 is 2.60 bits per heavy atom. The molecule has 0 radical (unpaired) electrons.